The van der Waals surface area contributed by atoms with Crippen LogP contribution in [-0.4, -0.2) is 34.4 Å². The molecule has 200 valence electrons. The minimum Gasteiger partial charge on any atom is -0.497 e. The molecule has 1 aliphatic heterocycles. The Balaban J connectivity index is 1.51. The van der Waals surface area contributed by atoms with Crippen molar-refractivity contribution in [2.45, 2.75) is 30.8 Å². The molecular weight excluding hydrogens is 534 g/mol. The molecule has 1 atom stereocenters. The molecule has 10 heteroatoms. The average Bonchev–Trinajstić information content (AvgIpc) is 3.35. The fraction of sp³-hybridized carbons (Fsp3) is 0.207. The number of rotatable bonds is 9. The number of thioether (sulfide) groups is 1. The molecule has 0 saturated heterocycles. The first-order valence-corrected chi connectivity index (χ1v) is 13.8. The van der Waals surface area contributed by atoms with Gasteiger partial charge in [0.2, 0.25) is 11.1 Å². The van der Waals surface area contributed by atoms with Crippen LogP contribution in [0.1, 0.15) is 31.0 Å². The van der Waals surface area contributed by atoms with E-state index in [1.807, 2.05) is 86.6 Å². The number of benzene rings is 3. The van der Waals surface area contributed by atoms with Crippen LogP contribution >= 0.6 is 23.4 Å². The van der Waals surface area contributed by atoms with Crippen LogP contribution in [0.3, 0.4) is 0 Å². The van der Waals surface area contributed by atoms with Crippen LogP contribution in [0, 0.1) is 0 Å². The lowest BCUT2D eigenvalue weighted by Crippen LogP contribution is -2.31. The molecule has 5 rings (SSSR count). The van der Waals surface area contributed by atoms with Gasteiger partial charge in [-0.1, -0.05) is 65.8 Å². The van der Waals surface area contributed by atoms with Crippen LogP contribution in [-0.2, 0) is 10.5 Å². The Kier molecular flexibility index (Phi) is 8.09. The van der Waals surface area contributed by atoms with Crippen LogP contribution in [0.15, 0.2) is 89.2 Å². The standard InChI is InChI=1S/C29H28ClN5O3S/c1-4-38-24-15-8-7-14-23(24)32-27(36)25-18(2)31-28-33-29(39-17-20-10-5-6-13-22(20)30)34-35(28)26(25)19-11-9-12-21(16-19)37-3/h5-16,26H,4,17H2,1-3H3,(H,32,36)(H,31,33,34). The first-order valence-electron chi connectivity index (χ1n) is 12.5. The molecule has 1 aromatic heterocycles. The third-order valence-corrected chi connectivity index (χ3v) is 7.49. The third-order valence-electron chi connectivity index (χ3n) is 6.24. The molecule has 2 N–H and O–H groups in total. The van der Waals surface area contributed by atoms with Crippen LogP contribution in [0.25, 0.3) is 0 Å². The van der Waals surface area contributed by atoms with E-state index in [0.29, 0.717) is 56.9 Å². The molecule has 0 bridgehead atoms. The van der Waals surface area contributed by atoms with Crippen molar-refractivity contribution in [2.24, 2.45) is 0 Å². The number of nitrogens with zero attached hydrogens (tertiary/aromatic N) is 3. The van der Waals surface area contributed by atoms with Crippen molar-refractivity contribution in [3.63, 3.8) is 0 Å². The van der Waals surface area contributed by atoms with Crippen molar-refractivity contribution in [3.8, 4) is 11.5 Å². The van der Waals surface area contributed by atoms with Crippen LogP contribution < -0.4 is 20.1 Å². The van der Waals surface area contributed by atoms with E-state index < -0.39 is 6.04 Å². The SMILES string of the molecule is CCOc1ccccc1NC(=O)C1=C(C)Nc2nc(SCc3ccccc3Cl)nn2C1c1cccc(OC)c1. The summed E-state index contributed by atoms with van der Waals surface area (Å²) in [5.41, 5.74) is 3.62. The van der Waals surface area contributed by atoms with Crippen molar-refractivity contribution in [1.82, 2.24) is 14.8 Å². The zero-order chi connectivity index (χ0) is 27.4. The fourth-order valence-corrected chi connectivity index (χ4v) is 5.52. The smallest absolute Gasteiger partial charge is 0.255 e. The Morgan fingerprint density at radius 3 is 2.72 bits per heavy atom. The van der Waals surface area contributed by atoms with Gasteiger partial charge in [0.05, 0.1) is 25.0 Å². The van der Waals surface area contributed by atoms with E-state index >= 15 is 0 Å². The molecule has 1 amide bonds. The lowest BCUT2D eigenvalue weighted by atomic mass is 9.95. The average molecular weight is 562 g/mol. The molecule has 8 nitrogen and oxygen atoms in total. The zero-order valence-corrected chi connectivity index (χ0v) is 23.3. The molecule has 0 saturated carbocycles. The summed E-state index contributed by atoms with van der Waals surface area (Å²) in [6.45, 7) is 4.26. The van der Waals surface area contributed by atoms with Crippen molar-refractivity contribution >= 4 is 40.9 Å². The van der Waals surface area contributed by atoms with Crippen molar-refractivity contribution in [3.05, 3.63) is 100 Å². The topological polar surface area (TPSA) is 90.3 Å². The predicted octanol–water partition coefficient (Wildman–Crippen LogP) is 6.56. The number of ether oxygens (including phenoxy) is 2. The number of fused-ring (bicyclic) bond motifs is 1. The summed E-state index contributed by atoms with van der Waals surface area (Å²) in [7, 11) is 1.62. The number of hydrogen-bond donors (Lipinski definition) is 2. The summed E-state index contributed by atoms with van der Waals surface area (Å²) in [4.78, 5) is 18.6. The van der Waals surface area contributed by atoms with E-state index in [0.717, 1.165) is 11.1 Å². The Bertz CT molecular complexity index is 1540. The van der Waals surface area contributed by atoms with Crippen LogP contribution in [0.2, 0.25) is 5.02 Å². The van der Waals surface area contributed by atoms with E-state index in [2.05, 4.69) is 10.6 Å². The summed E-state index contributed by atoms with van der Waals surface area (Å²) in [6.07, 6.45) is 0. The van der Waals surface area contributed by atoms with Crippen LogP contribution in [0.4, 0.5) is 11.6 Å². The Morgan fingerprint density at radius 1 is 1.13 bits per heavy atom. The lowest BCUT2D eigenvalue weighted by Gasteiger charge is -2.29. The van der Waals surface area contributed by atoms with Gasteiger partial charge < -0.3 is 20.1 Å². The predicted molar refractivity (Wildman–Crippen MR) is 155 cm³/mol. The molecule has 39 heavy (non-hydrogen) atoms. The minimum absolute atomic E-state index is 0.272. The molecule has 4 aromatic rings. The molecule has 1 aliphatic rings. The van der Waals surface area contributed by atoms with Crippen LogP contribution in [0.5, 0.6) is 11.5 Å². The molecule has 0 fully saturated rings. The van der Waals surface area contributed by atoms with Gasteiger partial charge in [-0.05, 0) is 55.3 Å². The molecule has 0 radical (unpaired) electrons. The van der Waals surface area contributed by atoms with Gasteiger partial charge >= 0.3 is 0 Å². The number of nitrogens with one attached hydrogen (secondary N) is 2. The third kappa shape index (κ3) is 5.74. The van der Waals surface area contributed by atoms with Gasteiger partial charge in [-0.15, -0.1) is 5.10 Å². The van der Waals surface area contributed by atoms with Crippen molar-refractivity contribution in [1.29, 1.82) is 0 Å². The maximum absolute atomic E-state index is 13.9. The Hall–Kier alpha value is -3.95. The maximum Gasteiger partial charge on any atom is 0.255 e. The van der Waals surface area contributed by atoms with E-state index in [1.165, 1.54) is 11.8 Å². The molecule has 0 spiro atoms. The van der Waals surface area contributed by atoms with Gasteiger partial charge in [-0.2, -0.15) is 4.98 Å². The van der Waals surface area contributed by atoms with Gasteiger partial charge in [0.25, 0.3) is 5.91 Å². The molecule has 0 aliphatic carbocycles. The highest BCUT2D eigenvalue weighted by atomic mass is 35.5. The van der Waals surface area contributed by atoms with E-state index in [1.54, 1.807) is 11.8 Å². The largest absolute Gasteiger partial charge is 0.497 e. The van der Waals surface area contributed by atoms with E-state index in [-0.39, 0.29) is 5.91 Å². The highest BCUT2D eigenvalue weighted by molar-refractivity contribution is 7.98. The van der Waals surface area contributed by atoms with E-state index in [9.17, 15) is 4.79 Å². The number of anilines is 2. The van der Waals surface area contributed by atoms with Gasteiger partial charge in [0.15, 0.2) is 0 Å². The first kappa shape index (κ1) is 26.6. The molecule has 1 unspecified atom stereocenters. The maximum atomic E-state index is 13.9. The minimum atomic E-state index is -0.544. The van der Waals surface area contributed by atoms with Gasteiger partial charge in [-0.3, -0.25) is 4.79 Å². The zero-order valence-electron chi connectivity index (χ0n) is 21.8. The summed E-state index contributed by atoms with van der Waals surface area (Å²) in [5, 5.41) is 12.4. The summed E-state index contributed by atoms with van der Waals surface area (Å²) in [6, 6.07) is 22.2. The molecule has 3 aromatic carbocycles. The second kappa shape index (κ2) is 11.8. The monoisotopic (exact) mass is 561 g/mol. The highest BCUT2D eigenvalue weighted by Gasteiger charge is 2.35. The first-order chi connectivity index (χ1) is 19.0. The second-order valence-electron chi connectivity index (χ2n) is 8.77. The van der Waals surface area contributed by atoms with Gasteiger partial charge in [0.1, 0.15) is 17.5 Å². The van der Waals surface area contributed by atoms with Gasteiger partial charge in [0, 0.05) is 16.5 Å². The van der Waals surface area contributed by atoms with Crippen molar-refractivity contribution < 1.29 is 14.3 Å². The quantitative estimate of drug-likeness (QED) is 0.224. The number of allylic oxidation sites excluding steroid dienone is 1. The summed E-state index contributed by atoms with van der Waals surface area (Å²) >= 11 is 7.83. The number of halogens is 1. The van der Waals surface area contributed by atoms with E-state index in [4.69, 9.17) is 31.2 Å². The number of hydrogen-bond acceptors (Lipinski definition) is 7. The summed E-state index contributed by atoms with van der Waals surface area (Å²) in [5.74, 6) is 2.17. The number of carbonyl (C=O) groups is 1. The summed E-state index contributed by atoms with van der Waals surface area (Å²) < 4.78 is 13.0. The molecule has 2 heterocycles. The van der Waals surface area contributed by atoms with Gasteiger partial charge in [-0.25, -0.2) is 4.68 Å². The number of amides is 1. The Morgan fingerprint density at radius 2 is 1.92 bits per heavy atom. The second-order valence-corrected chi connectivity index (χ2v) is 10.1. The molecular formula is C29H28ClN5O3S. The number of carbonyl (C=O) groups excluding carboxylic acids is 1. The lowest BCUT2D eigenvalue weighted by molar-refractivity contribution is -0.113. The highest BCUT2D eigenvalue weighted by Crippen LogP contribution is 2.38. The number of para-hydroxylation sites is 2. The van der Waals surface area contributed by atoms with Crippen molar-refractivity contribution in [2.75, 3.05) is 24.4 Å². The normalized spacial score (nSPS) is 14.4. The fourth-order valence-electron chi connectivity index (χ4n) is 4.41. The number of aromatic nitrogens is 3. The number of methoxy groups -OCH3 is 1. The Labute approximate surface area is 236 Å².